The Morgan fingerprint density at radius 3 is 2.47 bits per heavy atom. The molecule has 2 rings (SSSR count). The number of rotatable bonds is 2. The van der Waals surface area contributed by atoms with Gasteiger partial charge in [-0.15, -0.1) is 0 Å². The molecule has 0 spiro atoms. The quantitative estimate of drug-likeness (QED) is 0.805. The third-order valence-corrected chi connectivity index (χ3v) is 4.98. The standard InChI is InChI=1S/C14H21NOS/c1-5-15-9-11-6-7-13(8-12(11)10-15)17(16)14(2,3)4/h6-8H,5,9-10H2,1-4H3. The molecule has 0 radical (unpaired) electrons. The minimum atomic E-state index is -0.925. The fraction of sp³-hybridized carbons (Fsp3) is 0.571. The van der Waals surface area contributed by atoms with Crippen LogP contribution >= 0.6 is 0 Å². The van der Waals surface area contributed by atoms with Crippen LogP contribution < -0.4 is 0 Å². The lowest BCUT2D eigenvalue weighted by Gasteiger charge is -2.18. The lowest BCUT2D eigenvalue weighted by molar-refractivity contribution is 0.301. The van der Waals surface area contributed by atoms with Crippen LogP contribution in [0.4, 0.5) is 0 Å². The third-order valence-electron chi connectivity index (χ3n) is 3.18. The molecule has 0 fully saturated rings. The predicted molar refractivity (Wildman–Crippen MR) is 72.4 cm³/mol. The zero-order valence-electron chi connectivity index (χ0n) is 11.1. The summed E-state index contributed by atoms with van der Waals surface area (Å²) >= 11 is 0. The lowest BCUT2D eigenvalue weighted by Crippen LogP contribution is -2.21. The summed E-state index contributed by atoms with van der Waals surface area (Å²) in [6, 6.07) is 6.30. The van der Waals surface area contributed by atoms with Crippen LogP contribution in [0.25, 0.3) is 0 Å². The summed E-state index contributed by atoms with van der Waals surface area (Å²) in [5.41, 5.74) is 2.74. The summed E-state index contributed by atoms with van der Waals surface area (Å²) < 4.78 is 12.1. The monoisotopic (exact) mass is 251 g/mol. The topological polar surface area (TPSA) is 20.3 Å². The van der Waals surface area contributed by atoms with Crippen molar-refractivity contribution in [1.29, 1.82) is 0 Å². The van der Waals surface area contributed by atoms with Gasteiger partial charge in [-0.3, -0.25) is 9.11 Å². The number of fused-ring (bicyclic) bond motifs is 1. The summed E-state index contributed by atoms with van der Waals surface area (Å²) in [7, 11) is -0.925. The summed E-state index contributed by atoms with van der Waals surface area (Å²) in [4.78, 5) is 3.36. The fourth-order valence-electron chi connectivity index (χ4n) is 2.13. The highest BCUT2D eigenvalue weighted by Crippen LogP contribution is 2.27. The van der Waals surface area contributed by atoms with Crippen LogP contribution in [-0.2, 0) is 23.9 Å². The van der Waals surface area contributed by atoms with Crippen LogP contribution in [0.15, 0.2) is 23.1 Å². The van der Waals surface area contributed by atoms with Crippen LogP contribution in [0, 0.1) is 0 Å². The Balaban J connectivity index is 2.28. The summed E-state index contributed by atoms with van der Waals surface area (Å²) in [6.45, 7) is 11.4. The molecule has 1 unspecified atom stereocenters. The third kappa shape index (κ3) is 2.61. The number of hydrogen-bond acceptors (Lipinski definition) is 2. The average molecular weight is 251 g/mol. The zero-order chi connectivity index (χ0) is 12.6. The van der Waals surface area contributed by atoms with Gasteiger partial charge in [0.2, 0.25) is 0 Å². The smallest absolute Gasteiger partial charge is 0.0583 e. The highest BCUT2D eigenvalue weighted by Gasteiger charge is 2.24. The first-order chi connectivity index (χ1) is 7.91. The Hall–Kier alpha value is -0.670. The molecule has 1 atom stereocenters. The van der Waals surface area contributed by atoms with Crippen molar-refractivity contribution in [3.63, 3.8) is 0 Å². The van der Waals surface area contributed by atoms with Crippen molar-refractivity contribution in [2.75, 3.05) is 6.54 Å². The molecule has 1 aliphatic rings. The van der Waals surface area contributed by atoms with E-state index in [1.807, 2.05) is 26.8 Å². The SMILES string of the molecule is CCN1Cc2ccc(S(=O)C(C)(C)C)cc2C1. The summed E-state index contributed by atoms with van der Waals surface area (Å²) in [6.07, 6.45) is 0. The molecule has 0 amide bonds. The molecule has 1 heterocycles. The maximum Gasteiger partial charge on any atom is 0.0583 e. The van der Waals surface area contributed by atoms with E-state index in [4.69, 9.17) is 0 Å². The number of benzene rings is 1. The van der Waals surface area contributed by atoms with E-state index in [0.717, 1.165) is 24.5 Å². The molecule has 0 aromatic heterocycles. The highest BCUT2D eigenvalue weighted by atomic mass is 32.2. The van der Waals surface area contributed by atoms with E-state index in [1.165, 1.54) is 11.1 Å². The molecule has 1 aromatic rings. The zero-order valence-corrected chi connectivity index (χ0v) is 11.9. The van der Waals surface area contributed by atoms with E-state index in [0.29, 0.717) is 0 Å². The largest absolute Gasteiger partial charge is 0.295 e. The van der Waals surface area contributed by atoms with Crippen molar-refractivity contribution in [2.24, 2.45) is 0 Å². The van der Waals surface area contributed by atoms with E-state index in [1.54, 1.807) is 0 Å². The Kier molecular flexibility index (Phi) is 3.41. The minimum absolute atomic E-state index is 0.183. The normalized spacial score (nSPS) is 18.1. The first-order valence-corrected chi connectivity index (χ1v) is 7.33. The first kappa shape index (κ1) is 12.8. The van der Waals surface area contributed by atoms with Gasteiger partial charge in [-0.25, -0.2) is 0 Å². The molecular formula is C14H21NOS. The first-order valence-electron chi connectivity index (χ1n) is 6.18. The molecule has 0 bridgehead atoms. The second-order valence-corrected chi connectivity index (χ2v) is 7.85. The molecule has 0 saturated carbocycles. The van der Waals surface area contributed by atoms with Gasteiger partial charge in [0.1, 0.15) is 0 Å². The molecular weight excluding hydrogens is 230 g/mol. The van der Waals surface area contributed by atoms with Gasteiger partial charge in [0, 0.05) is 22.7 Å². The van der Waals surface area contributed by atoms with Crippen LogP contribution in [0.3, 0.4) is 0 Å². The fourth-order valence-corrected chi connectivity index (χ4v) is 3.28. The molecule has 3 heteroatoms. The van der Waals surface area contributed by atoms with Crippen molar-refractivity contribution < 1.29 is 4.21 Å². The van der Waals surface area contributed by atoms with Gasteiger partial charge >= 0.3 is 0 Å². The van der Waals surface area contributed by atoms with Crippen LogP contribution in [0.2, 0.25) is 0 Å². The van der Waals surface area contributed by atoms with Gasteiger partial charge in [0.25, 0.3) is 0 Å². The minimum Gasteiger partial charge on any atom is -0.295 e. The van der Waals surface area contributed by atoms with Gasteiger partial charge in [-0.05, 0) is 50.6 Å². The Morgan fingerprint density at radius 1 is 1.24 bits per heavy atom. The molecule has 1 aliphatic heterocycles. The molecule has 1 aromatic carbocycles. The molecule has 2 nitrogen and oxygen atoms in total. The van der Waals surface area contributed by atoms with Gasteiger partial charge in [0.05, 0.1) is 10.8 Å². The van der Waals surface area contributed by atoms with Crippen molar-refractivity contribution in [3.8, 4) is 0 Å². The maximum absolute atomic E-state index is 12.3. The van der Waals surface area contributed by atoms with Gasteiger partial charge in [-0.2, -0.15) is 0 Å². The van der Waals surface area contributed by atoms with Crippen molar-refractivity contribution in [2.45, 2.75) is 50.4 Å². The Labute approximate surface area is 106 Å². The van der Waals surface area contributed by atoms with Crippen molar-refractivity contribution in [1.82, 2.24) is 4.90 Å². The molecule has 0 N–H and O–H groups in total. The van der Waals surface area contributed by atoms with E-state index < -0.39 is 10.8 Å². The lowest BCUT2D eigenvalue weighted by atomic mass is 10.1. The van der Waals surface area contributed by atoms with Gasteiger partial charge in [0.15, 0.2) is 0 Å². The summed E-state index contributed by atoms with van der Waals surface area (Å²) in [5, 5.41) is 0. The average Bonchev–Trinajstić information content (AvgIpc) is 2.68. The summed E-state index contributed by atoms with van der Waals surface area (Å²) in [5.74, 6) is 0. The van der Waals surface area contributed by atoms with E-state index in [-0.39, 0.29) is 4.75 Å². The Morgan fingerprint density at radius 2 is 1.88 bits per heavy atom. The Bertz CT molecular complexity index is 448. The predicted octanol–water partition coefficient (Wildman–Crippen LogP) is 2.93. The highest BCUT2D eigenvalue weighted by molar-refractivity contribution is 7.86. The molecule has 0 saturated heterocycles. The number of nitrogens with zero attached hydrogens (tertiary/aromatic N) is 1. The number of hydrogen-bond donors (Lipinski definition) is 0. The van der Waals surface area contributed by atoms with E-state index >= 15 is 0 Å². The maximum atomic E-state index is 12.3. The second kappa shape index (κ2) is 4.54. The molecule has 94 valence electrons. The van der Waals surface area contributed by atoms with Crippen molar-refractivity contribution >= 4 is 10.8 Å². The van der Waals surface area contributed by atoms with Gasteiger partial charge in [-0.1, -0.05) is 13.0 Å². The van der Waals surface area contributed by atoms with E-state index in [9.17, 15) is 4.21 Å². The van der Waals surface area contributed by atoms with Gasteiger partial charge < -0.3 is 0 Å². The van der Waals surface area contributed by atoms with Crippen LogP contribution in [-0.4, -0.2) is 20.4 Å². The molecule has 0 aliphatic carbocycles. The van der Waals surface area contributed by atoms with E-state index in [2.05, 4.69) is 24.0 Å². The van der Waals surface area contributed by atoms with Crippen LogP contribution in [0.1, 0.15) is 38.8 Å². The van der Waals surface area contributed by atoms with Crippen LogP contribution in [0.5, 0.6) is 0 Å². The van der Waals surface area contributed by atoms with Crippen molar-refractivity contribution in [3.05, 3.63) is 29.3 Å². The molecule has 17 heavy (non-hydrogen) atoms. The second-order valence-electron chi connectivity index (χ2n) is 5.61.